The first-order chi connectivity index (χ1) is 10.2. The molecule has 0 aliphatic carbocycles. The van der Waals surface area contributed by atoms with E-state index < -0.39 is 0 Å². The predicted octanol–water partition coefficient (Wildman–Crippen LogP) is 3.57. The first kappa shape index (κ1) is 12.3. The van der Waals surface area contributed by atoms with Crippen LogP contribution in [0.15, 0.2) is 42.6 Å². The molecule has 4 rings (SSSR count). The molecule has 1 aliphatic heterocycles. The summed E-state index contributed by atoms with van der Waals surface area (Å²) in [4.78, 5) is 15.6. The van der Waals surface area contributed by atoms with Crippen LogP contribution in [0.2, 0.25) is 0 Å². The van der Waals surface area contributed by atoms with Crippen LogP contribution in [0.1, 0.15) is 27.0 Å². The van der Waals surface area contributed by atoms with Gasteiger partial charge >= 0.3 is 0 Å². The summed E-state index contributed by atoms with van der Waals surface area (Å²) in [6.07, 6.45) is 1.64. The monoisotopic (exact) mass is 281 g/mol. The number of hydrogen-bond acceptors (Lipinski definition) is 2. The van der Waals surface area contributed by atoms with Crippen LogP contribution in [0, 0.1) is 5.82 Å². The van der Waals surface area contributed by atoms with Crippen molar-refractivity contribution in [1.82, 2.24) is 4.98 Å². The van der Waals surface area contributed by atoms with E-state index in [-0.39, 0.29) is 11.6 Å². The fourth-order valence-corrected chi connectivity index (χ4v) is 2.76. The molecule has 2 aromatic carbocycles. The maximum absolute atomic E-state index is 13.2. The van der Waals surface area contributed by atoms with E-state index in [1.165, 1.54) is 12.1 Å². The highest BCUT2D eigenvalue weighted by atomic mass is 19.1. The molecule has 0 unspecified atom stereocenters. The van der Waals surface area contributed by atoms with Gasteiger partial charge in [0.25, 0.3) is 0 Å². The van der Waals surface area contributed by atoms with E-state index in [4.69, 9.17) is 4.74 Å². The second-order valence-corrected chi connectivity index (χ2v) is 5.20. The second-order valence-electron chi connectivity index (χ2n) is 5.20. The number of aromatic nitrogens is 1. The maximum Gasteiger partial charge on any atom is 0.195 e. The minimum absolute atomic E-state index is 0.0671. The van der Waals surface area contributed by atoms with Gasteiger partial charge in [0.15, 0.2) is 5.78 Å². The third kappa shape index (κ3) is 1.96. The Hall–Kier alpha value is -2.46. The van der Waals surface area contributed by atoms with Gasteiger partial charge in [-0.2, -0.15) is 0 Å². The summed E-state index contributed by atoms with van der Waals surface area (Å²) in [5.74, 6) is -0.388. The van der Waals surface area contributed by atoms with Crippen molar-refractivity contribution in [2.75, 3.05) is 0 Å². The highest BCUT2D eigenvalue weighted by Gasteiger charge is 2.18. The largest absolute Gasteiger partial charge is 0.372 e. The molecule has 0 fully saturated rings. The Bertz CT molecular complexity index is 866. The van der Waals surface area contributed by atoms with Crippen molar-refractivity contribution in [3.05, 3.63) is 70.7 Å². The van der Waals surface area contributed by atoms with Crippen LogP contribution in [0.4, 0.5) is 4.39 Å². The standard InChI is InChI=1S/C17H12FNO2/c18-13-3-4-14-15(7-19-16(14)6-13)17(20)10-1-2-11-8-21-9-12(11)5-10/h1-7,19H,8-9H2. The number of halogens is 1. The van der Waals surface area contributed by atoms with Gasteiger partial charge < -0.3 is 9.72 Å². The van der Waals surface area contributed by atoms with E-state index in [0.717, 1.165) is 16.5 Å². The van der Waals surface area contributed by atoms with Crippen molar-refractivity contribution in [1.29, 1.82) is 0 Å². The molecule has 0 spiro atoms. The summed E-state index contributed by atoms with van der Waals surface area (Å²) < 4.78 is 18.6. The van der Waals surface area contributed by atoms with Gasteiger partial charge in [-0.05, 0) is 35.4 Å². The summed E-state index contributed by atoms with van der Waals surface area (Å²) in [5.41, 5.74) is 4.01. The number of hydrogen-bond donors (Lipinski definition) is 1. The van der Waals surface area contributed by atoms with E-state index in [0.29, 0.717) is 29.9 Å². The Morgan fingerprint density at radius 2 is 1.95 bits per heavy atom. The van der Waals surface area contributed by atoms with Crippen LogP contribution < -0.4 is 0 Å². The summed E-state index contributed by atoms with van der Waals surface area (Å²) in [7, 11) is 0. The topological polar surface area (TPSA) is 42.1 Å². The van der Waals surface area contributed by atoms with Crippen molar-refractivity contribution < 1.29 is 13.9 Å². The summed E-state index contributed by atoms with van der Waals surface area (Å²) >= 11 is 0. The Labute approximate surface area is 120 Å². The first-order valence-corrected chi connectivity index (χ1v) is 6.73. The number of carbonyl (C=O) groups excluding carboxylic acids is 1. The molecule has 0 atom stereocenters. The maximum atomic E-state index is 13.2. The third-order valence-corrected chi connectivity index (χ3v) is 3.87. The zero-order chi connectivity index (χ0) is 14.4. The summed E-state index contributed by atoms with van der Waals surface area (Å²) in [5, 5.41) is 0.734. The molecule has 2 heterocycles. The van der Waals surface area contributed by atoms with Gasteiger partial charge in [0, 0.05) is 28.2 Å². The van der Waals surface area contributed by atoms with Crippen molar-refractivity contribution >= 4 is 16.7 Å². The van der Waals surface area contributed by atoms with Crippen LogP contribution in [0.3, 0.4) is 0 Å². The molecule has 0 radical (unpaired) electrons. The average molecular weight is 281 g/mol. The number of fused-ring (bicyclic) bond motifs is 2. The predicted molar refractivity (Wildman–Crippen MR) is 76.6 cm³/mol. The quantitative estimate of drug-likeness (QED) is 0.730. The molecule has 0 saturated heterocycles. The number of nitrogens with one attached hydrogen (secondary N) is 1. The minimum atomic E-state index is -0.321. The van der Waals surface area contributed by atoms with Crippen molar-refractivity contribution in [2.24, 2.45) is 0 Å². The average Bonchev–Trinajstić information content (AvgIpc) is 3.11. The first-order valence-electron chi connectivity index (χ1n) is 6.73. The van der Waals surface area contributed by atoms with Gasteiger partial charge in [-0.1, -0.05) is 12.1 Å². The number of benzene rings is 2. The molecule has 0 saturated carbocycles. The Balaban J connectivity index is 1.79. The van der Waals surface area contributed by atoms with Gasteiger partial charge in [0.05, 0.1) is 13.2 Å². The van der Waals surface area contributed by atoms with E-state index in [1.54, 1.807) is 12.3 Å². The fourth-order valence-electron chi connectivity index (χ4n) is 2.76. The van der Waals surface area contributed by atoms with Crippen molar-refractivity contribution in [3.63, 3.8) is 0 Å². The molecule has 1 N–H and O–H groups in total. The molecule has 3 aromatic rings. The zero-order valence-electron chi connectivity index (χ0n) is 11.2. The summed E-state index contributed by atoms with van der Waals surface area (Å²) in [6.45, 7) is 1.16. The smallest absolute Gasteiger partial charge is 0.195 e. The van der Waals surface area contributed by atoms with E-state index in [1.807, 2.05) is 18.2 Å². The summed E-state index contributed by atoms with van der Waals surface area (Å²) in [6, 6.07) is 10.0. The van der Waals surface area contributed by atoms with Crippen LogP contribution in [-0.4, -0.2) is 10.8 Å². The number of carbonyl (C=O) groups is 1. The van der Waals surface area contributed by atoms with Crippen LogP contribution in [0.5, 0.6) is 0 Å². The van der Waals surface area contributed by atoms with Crippen LogP contribution in [-0.2, 0) is 18.0 Å². The van der Waals surface area contributed by atoms with E-state index in [2.05, 4.69) is 4.98 Å². The van der Waals surface area contributed by atoms with E-state index in [9.17, 15) is 9.18 Å². The lowest BCUT2D eigenvalue weighted by atomic mass is 9.99. The molecule has 3 nitrogen and oxygen atoms in total. The Morgan fingerprint density at radius 3 is 2.86 bits per heavy atom. The van der Waals surface area contributed by atoms with Crippen molar-refractivity contribution in [3.8, 4) is 0 Å². The van der Waals surface area contributed by atoms with Gasteiger partial charge in [-0.25, -0.2) is 4.39 Å². The number of H-pyrrole nitrogens is 1. The normalized spacial score (nSPS) is 13.6. The van der Waals surface area contributed by atoms with Gasteiger partial charge in [0.2, 0.25) is 0 Å². The molecule has 0 bridgehead atoms. The number of aromatic amines is 1. The molecule has 0 amide bonds. The lowest BCUT2D eigenvalue weighted by molar-refractivity contribution is 0.104. The Morgan fingerprint density at radius 1 is 1.10 bits per heavy atom. The molecule has 104 valence electrons. The molecule has 21 heavy (non-hydrogen) atoms. The third-order valence-electron chi connectivity index (χ3n) is 3.87. The Kier molecular flexibility index (Phi) is 2.65. The second kappa shape index (κ2) is 4.53. The number of rotatable bonds is 2. The highest BCUT2D eigenvalue weighted by Crippen LogP contribution is 2.25. The number of ketones is 1. The molecule has 1 aliphatic rings. The van der Waals surface area contributed by atoms with Crippen LogP contribution >= 0.6 is 0 Å². The fraction of sp³-hybridized carbons (Fsp3) is 0.118. The molecule has 1 aromatic heterocycles. The van der Waals surface area contributed by atoms with Gasteiger partial charge in [-0.3, -0.25) is 4.79 Å². The molecule has 4 heteroatoms. The lowest BCUT2D eigenvalue weighted by Gasteiger charge is -2.03. The minimum Gasteiger partial charge on any atom is -0.372 e. The molecular formula is C17H12FNO2. The highest BCUT2D eigenvalue weighted by molar-refractivity contribution is 6.16. The lowest BCUT2D eigenvalue weighted by Crippen LogP contribution is -2.01. The van der Waals surface area contributed by atoms with Gasteiger partial charge in [0.1, 0.15) is 5.82 Å². The molecular weight excluding hydrogens is 269 g/mol. The van der Waals surface area contributed by atoms with Crippen molar-refractivity contribution in [2.45, 2.75) is 13.2 Å². The van der Waals surface area contributed by atoms with E-state index >= 15 is 0 Å². The number of ether oxygens (including phenoxy) is 1. The zero-order valence-corrected chi connectivity index (χ0v) is 11.2. The van der Waals surface area contributed by atoms with Crippen LogP contribution in [0.25, 0.3) is 10.9 Å². The SMILES string of the molecule is O=C(c1ccc2c(c1)COC2)c1c[nH]c2cc(F)ccc12. The van der Waals surface area contributed by atoms with Gasteiger partial charge in [-0.15, -0.1) is 0 Å².